The van der Waals surface area contributed by atoms with Gasteiger partial charge in [-0.15, -0.1) is 0 Å². The van der Waals surface area contributed by atoms with Crippen LogP contribution in [-0.4, -0.2) is 8.80 Å². The van der Waals surface area contributed by atoms with Crippen LogP contribution < -0.4 is 29.6 Å². The minimum Gasteiger partial charge on any atom is -0.260 e. The first-order chi connectivity index (χ1) is 2.94. The molecule has 44 valence electrons. The van der Waals surface area contributed by atoms with Crippen LogP contribution in [0.15, 0.2) is 0 Å². The zero-order valence-electron chi connectivity index (χ0n) is 7.00. The number of hydrogen-bond acceptors (Lipinski definition) is 0. The van der Waals surface area contributed by atoms with E-state index in [-0.39, 0.29) is 38.4 Å². The van der Waals surface area contributed by atoms with Crippen molar-refractivity contribution in [2.24, 2.45) is 0 Å². The summed E-state index contributed by atoms with van der Waals surface area (Å²) in [4.78, 5) is 0. The molecule has 0 saturated carbocycles. The predicted octanol–water partition coefficient (Wildman–Crippen LogP) is -0.455. The Kier molecular flexibility index (Phi) is 6.12. The van der Waals surface area contributed by atoms with E-state index in [2.05, 4.69) is 33.9 Å². The summed E-state index contributed by atoms with van der Waals surface area (Å²) in [7, 11) is -0.0502. The second-order valence-corrected chi connectivity index (χ2v) is 6.75. The summed E-state index contributed by atoms with van der Waals surface area (Å²) in [5, 5.41) is 0.602. The largest absolute Gasteiger partial charge is 1.00 e. The molecule has 0 aliphatic rings. The van der Waals surface area contributed by atoms with Gasteiger partial charge in [-0.2, -0.15) is 18.1 Å². The van der Waals surface area contributed by atoms with Crippen molar-refractivity contribution in [2.75, 3.05) is 0 Å². The molecule has 0 nitrogen and oxygen atoms in total. The summed E-state index contributed by atoms with van der Waals surface area (Å²) < 4.78 is 0. The van der Waals surface area contributed by atoms with E-state index < -0.39 is 0 Å². The molecule has 0 aliphatic carbocycles. The predicted molar refractivity (Wildman–Crippen MR) is 37.2 cm³/mol. The van der Waals surface area contributed by atoms with Crippen LogP contribution in [0.4, 0.5) is 0 Å². The molecular weight excluding hydrogens is 123 g/mol. The SMILES string of the molecule is C[Si-](C)C(C)(C)C.[Na+]. The van der Waals surface area contributed by atoms with Crippen molar-refractivity contribution in [3.05, 3.63) is 0 Å². The van der Waals surface area contributed by atoms with Gasteiger partial charge in [0.2, 0.25) is 0 Å². The van der Waals surface area contributed by atoms with Gasteiger partial charge in [-0.3, -0.25) is 8.80 Å². The summed E-state index contributed by atoms with van der Waals surface area (Å²) in [5.74, 6) is 0. The molecule has 0 unspecified atom stereocenters. The molecule has 0 aromatic carbocycles. The Morgan fingerprint density at radius 3 is 1.12 bits per heavy atom. The van der Waals surface area contributed by atoms with Crippen molar-refractivity contribution in [3.8, 4) is 0 Å². The van der Waals surface area contributed by atoms with Gasteiger partial charge in [-0.1, -0.05) is 20.8 Å². The Morgan fingerprint density at radius 2 is 1.12 bits per heavy atom. The van der Waals surface area contributed by atoms with Gasteiger partial charge < -0.3 is 0 Å². The fourth-order valence-electron chi connectivity index (χ4n) is 0. The van der Waals surface area contributed by atoms with E-state index in [9.17, 15) is 0 Å². The Labute approximate surface area is 77.0 Å². The van der Waals surface area contributed by atoms with Gasteiger partial charge in [0.15, 0.2) is 0 Å². The molecular formula is C6H15NaSi. The maximum Gasteiger partial charge on any atom is 1.00 e. The number of rotatable bonds is 0. The van der Waals surface area contributed by atoms with E-state index in [0.29, 0.717) is 5.04 Å². The van der Waals surface area contributed by atoms with Crippen LogP contribution in [0.2, 0.25) is 18.1 Å². The topological polar surface area (TPSA) is 0 Å². The van der Waals surface area contributed by atoms with Crippen molar-refractivity contribution in [1.82, 2.24) is 0 Å². The molecule has 0 rings (SSSR count). The zero-order valence-corrected chi connectivity index (χ0v) is 10.0. The first-order valence-corrected chi connectivity index (χ1v) is 5.25. The van der Waals surface area contributed by atoms with Crippen molar-refractivity contribution in [1.29, 1.82) is 0 Å². The summed E-state index contributed by atoms with van der Waals surface area (Å²) in [6.45, 7) is 11.6. The van der Waals surface area contributed by atoms with Crippen molar-refractivity contribution in [3.63, 3.8) is 0 Å². The Hall–Kier alpha value is 1.22. The van der Waals surface area contributed by atoms with Crippen molar-refractivity contribution < 1.29 is 29.6 Å². The van der Waals surface area contributed by atoms with Crippen molar-refractivity contribution in [2.45, 2.75) is 38.9 Å². The molecule has 0 fully saturated rings. The minimum atomic E-state index is -0.0502. The third-order valence-electron chi connectivity index (χ3n) is 1.50. The maximum absolute atomic E-state index is 2.35. The molecule has 0 heterocycles. The smallest absolute Gasteiger partial charge is 0.260 e. The monoisotopic (exact) mass is 138 g/mol. The minimum absolute atomic E-state index is 0. The van der Waals surface area contributed by atoms with Crippen LogP contribution >= 0.6 is 0 Å². The molecule has 0 aliphatic heterocycles. The third kappa shape index (κ3) is 5.36. The average molecular weight is 138 g/mol. The zero-order chi connectivity index (χ0) is 6.08. The van der Waals surface area contributed by atoms with E-state index in [1.807, 2.05) is 0 Å². The van der Waals surface area contributed by atoms with Gasteiger partial charge >= 0.3 is 29.6 Å². The molecule has 0 spiro atoms. The van der Waals surface area contributed by atoms with E-state index in [4.69, 9.17) is 0 Å². The second kappa shape index (κ2) is 4.10. The Balaban J connectivity index is 0. The van der Waals surface area contributed by atoms with E-state index >= 15 is 0 Å². The average Bonchev–Trinajstić information content (AvgIpc) is 1.31. The summed E-state index contributed by atoms with van der Waals surface area (Å²) in [6.07, 6.45) is 0. The molecule has 0 aromatic heterocycles. The van der Waals surface area contributed by atoms with Crippen molar-refractivity contribution >= 4 is 8.80 Å². The Bertz CT molecular complexity index is 54.0. The molecule has 8 heavy (non-hydrogen) atoms. The standard InChI is InChI=1S/C6H15Si.Na/c1-6(2,3)7(4)5;/h1-5H3;/q-1;+1. The summed E-state index contributed by atoms with van der Waals surface area (Å²) in [5.41, 5.74) is 0. The Morgan fingerprint density at radius 1 is 1.00 bits per heavy atom. The first-order valence-electron chi connectivity index (χ1n) is 2.75. The molecule has 0 saturated heterocycles. The molecule has 2 heteroatoms. The van der Waals surface area contributed by atoms with Gasteiger partial charge in [0.05, 0.1) is 0 Å². The van der Waals surface area contributed by atoms with E-state index in [1.54, 1.807) is 0 Å². The first kappa shape index (κ1) is 11.9. The fraction of sp³-hybridized carbons (Fsp3) is 1.00. The van der Waals surface area contributed by atoms with Gasteiger partial charge in [0, 0.05) is 0 Å². The quantitative estimate of drug-likeness (QED) is 0.398. The molecule has 0 N–H and O–H groups in total. The van der Waals surface area contributed by atoms with Crippen LogP contribution in [0.25, 0.3) is 0 Å². The van der Waals surface area contributed by atoms with E-state index in [1.165, 1.54) is 0 Å². The van der Waals surface area contributed by atoms with Gasteiger partial charge in [-0.25, -0.2) is 0 Å². The van der Waals surface area contributed by atoms with Crippen LogP contribution in [0.5, 0.6) is 0 Å². The van der Waals surface area contributed by atoms with Crippen LogP contribution in [0.3, 0.4) is 0 Å². The molecule has 0 aromatic rings. The fourth-order valence-corrected chi connectivity index (χ4v) is 0. The van der Waals surface area contributed by atoms with Crippen LogP contribution in [-0.2, 0) is 0 Å². The second-order valence-electron chi connectivity index (χ2n) is 3.25. The normalized spacial score (nSPS) is 11.2. The van der Waals surface area contributed by atoms with Gasteiger partial charge in [0.25, 0.3) is 0 Å². The van der Waals surface area contributed by atoms with Gasteiger partial charge in [-0.05, 0) is 0 Å². The third-order valence-corrected chi connectivity index (χ3v) is 4.50. The summed E-state index contributed by atoms with van der Waals surface area (Å²) in [6, 6.07) is 0. The molecule has 0 atom stereocenters. The maximum atomic E-state index is 2.35. The van der Waals surface area contributed by atoms with Gasteiger partial charge in [0.1, 0.15) is 0 Å². The van der Waals surface area contributed by atoms with E-state index in [0.717, 1.165) is 0 Å². The van der Waals surface area contributed by atoms with Crippen LogP contribution in [0, 0.1) is 0 Å². The molecule has 0 amide bonds. The molecule has 0 bridgehead atoms. The molecule has 0 radical (unpaired) electrons. The summed E-state index contributed by atoms with van der Waals surface area (Å²) >= 11 is 0. The number of hydrogen-bond donors (Lipinski definition) is 0. The van der Waals surface area contributed by atoms with Crippen LogP contribution in [0.1, 0.15) is 20.8 Å².